The summed E-state index contributed by atoms with van der Waals surface area (Å²) in [4.78, 5) is 12.0. The molecule has 0 aliphatic heterocycles. The summed E-state index contributed by atoms with van der Waals surface area (Å²) in [6, 6.07) is 5.07. The van der Waals surface area contributed by atoms with E-state index in [1.165, 1.54) is 12.8 Å². The Bertz CT molecular complexity index is 407. The van der Waals surface area contributed by atoms with Gasteiger partial charge in [-0.05, 0) is 31.5 Å². The minimum absolute atomic E-state index is 0.138. The Labute approximate surface area is 119 Å². The molecule has 1 rings (SSSR count). The van der Waals surface area contributed by atoms with Gasteiger partial charge in [-0.3, -0.25) is 4.79 Å². The van der Waals surface area contributed by atoms with Crippen molar-refractivity contribution in [3.05, 3.63) is 33.8 Å². The van der Waals surface area contributed by atoms with Gasteiger partial charge in [-0.1, -0.05) is 49.4 Å². The smallest absolute Gasteiger partial charge is 0.253 e. The van der Waals surface area contributed by atoms with Crippen molar-refractivity contribution in [3.63, 3.8) is 0 Å². The second-order valence-electron chi connectivity index (χ2n) is 4.49. The van der Waals surface area contributed by atoms with Crippen molar-refractivity contribution in [2.45, 2.75) is 45.6 Å². The Balaban J connectivity index is 2.54. The van der Waals surface area contributed by atoms with Crippen molar-refractivity contribution in [1.29, 1.82) is 0 Å². The van der Waals surface area contributed by atoms with E-state index in [1.807, 2.05) is 6.92 Å². The van der Waals surface area contributed by atoms with Crippen LogP contribution in [0.5, 0.6) is 0 Å². The first-order valence-electron chi connectivity index (χ1n) is 6.30. The molecule has 0 aromatic heterocycles. The highest BCUT2D eigenvalue weighted by atomic mass is 35.5. The van der Waals surface area contributed by atoms with E-state index in [0.29, 0.717) is 15.6 Å². The van der Waals surface area contributed by atoms with Crippen LogP contribution in [0.25, 0.3) is 0 Å². The number of benzene rings is 1. The third-order valence-electron chi connectivity index (χ3n) is 2.79. The van der Waals surface area contributed by atoms with Gasteiger partial charge in [0.15, 0.2) is 0 Å². The molecule has 0 bridgehead atoms. The van der Waals surface area contributed by atoms with Crippen LogP contribution < -0.4 is 5.32 Å². The van der Waals surface area contributed by atoms with Gasteiger partial charge in [0.25, 0.3) is 5.91 Å². The zero-order valence-corrected chi connectivity index (χ0v) is 12.3. The lowest BCUT2D eigenvalue weighted by Gasteiger charge is -2.14. The van der Waals surface area contributed by atoms with Crippen LogP contribution in [0.1, 0.15) is 49.9 Å². The Morgan fingerprint density at radius 1 is 1.33 bits per heavy atom. The van der Waals surface area contributed by atoms with E-state index in [2.05, 4.69) is 12.2 Å². The van der Waals surface area contributed by atoms with E-state index in [0.717, 1.165) is 12.8 Å². The van der Waals surface area contributed by atoms with Crippen molar-refractivity contribution >= 4 is 29.1 Å². The fourth-order valence-electron chi connectivity index (χ4n) is 1.75. The van der Waals surface area contributed by atoms with E-state index in [-0.39, 0.29) is 11.9 Å². The number of hydrogen-bond acceptors (Lipinski definition) is 1. The molecule has 0 saturated carbocycles. The van der Waals surface area contributed by atoms with Crippen molar-refractivity contribution in [2.24, 2.45) is 0 Å². The predicted molar refractivity (Wildman–Crippen MR) is 77.5 cm³/mol. The Morgan fingerprint density at radius 2 is 2.06 bits per heavy atom. The first-order chi connectivity index (χ1) is 8.54. The molecule has 18 heavy (non-hydrogen) atoms. The predicted octanol–water partition coefficient (Wildman–Crippen LogP) is 4.69. The molecule has 1 amide bonds. The molecule has 0 spiro atoms. The molecule has 100 valence electrons. The second kappa shape index (κ2) is 7.65. The first kappa shape index (κ1) is 15.3. The van der Waals surface area contributed by atoms with E-state index >= 15 is 0 Å². The number of carbonyl (C=O) groups excluding carboxylic acids is 1. The largest absolute Gasteiger partial charge is 0.350 e. The Morgan fingerprint density at radius 3 is 2.67 bits per heavy atom. The van der Waals surface area contributed by atoms with Gasteiger partial charge < -0.3 is 5.32 Å². The van der Waals surface area contributed by atoms with Gasteiger partial charge in [0.1, 0.15) is 0 Å². The minimum Gasteiger partial charge on any atom is -0.350 e. The second-order valence-corrected chi connectivity index (χ2v) is 5.34. The number of nitrogens with one attached hydrogen (secondary N) is 1. The molecule has 1 aromatic rings. The van der Waals surface area contributed by atoms with Crippen LogP contribution >= 0.6 is 23.2 Å². The van der Waals surface area contributed by atoms with Gasteiger partial charge >= 0.3 is 0 Å². The molecule has 0 saturated heterocycles. The molecule has 0 aliphatic carbocycles. The summed E-state index contributed by atoms with van der Waals surface area (Å²) in [5.74, 6) is -0.138. The zero-order valence-electron chi connectivity index (χ0n) is 10.8. The van der Waals surface area contributed by atoms with Crippen molar-refractivity contribution in [3.8, 4) is 0 Å². The summed E-state index contributed by atoms with van der Waals surface area (Å²) in [5.41, 5.74) is 0.475. The molecular formula is C14H19Cl2NO. The molecule has 0 aliphatic rings. The van der Waals surface area contributed by atoms with Crippen LogP contribution in [0.3, 0.4) is 0 Å². The molecular weight excluding hydrogens is 269 g/mol. The van der Waals surface area contributed by atoms with E-state index < -0.39 is 0 Å². The molecule has 0 unspecified atom stereocenters. The SMILES string of the molecule is CCCCC[C@@H](C)NC(=O)c1ccc(Cl)cc1Cl. The average molecular weight is 288 g/mol. The number of amides is 1. The summed E-state index contributed by atoms with van der Waals surface area (Å²) in [6.45, 7) is 4.17. The lowest BCUT2D eigenvalue weighted by molar-refractivity contribution is 0.0938. The number of carbonyl (C=O) groups is 1. The maximum absolute atomic E-state index is 12.0. The number of hydrogen-bond donors (Lipinski definition) is 1. The summed E-state index contributed by atoms with van der Waals surface area (Å²) in [6.07, 6.45) is 4.50. The molecule has 4 heteroatoms. The van der Waals surface area contributed by atoms with Gasteiger partial charge in [-0.15, -0.1) is 0 Å². The molecule has 0 fully saturated rings. The number of halogens is 2. The van der Waals surface area contributed by atoms with E-state index in [4.69, 9.17) is 23.2 Å². The number of unbranched alkanes of at least 4 members (excludes halogenated alkanes) is 2. The Hall–Kier alpha value is -0.730. The van der Waals surface area contributed by atoms with Gasteiger partial charge in [0.2, 0.25) is 0 Å². The van der Waals surface area contributed by atoms with Gasteiger partial charge in [0.05, 0.1) is 10.6 Å². The molecule has 0 radical (unpaired) electrons. The van der Waals surface area contributed by atoms with E-state index in [9.17, 15) is 4.79 Å². The molecule has 1 atom stereocenters. The monoisotopic (exact) mass is 287 g/mol. The third-order valence-corrected chi connectivity index (χ3v) is 3.34. The van der Waals surface area contributed by atoms with Crippen LogP contribution in [0.4, 0.5) is 0 Å². The quantitative estimate of drug-likeness (QED) is 0.756. The highest BCUT2D eigenvalue weighted by molar-refractivity contribution is 6.36. The van der Waals surface area contributed by atoms with Crippen LogP contribution in [0.15, 0.2) is 18.2 Å². The lowest BCUT2D eigenvalue weighted by Crippen LogP contribution is -2.32. The van der Waals surface area contributed by atoms with Gasteiger partial charge in [-0.2, -0.15) is 0 Å². The van der Waals surface area contributed by atoms with Crippen LogP contribution in [0, 0.1) is 0 Å². The maximum Gasteiger partial charge on any atom is 0.253 e. The topological polar surface area (TPSA) is 29.1 Å². The highest BCUT2D eigenvalue weighted by Crippen LogP contribution is 2.21. The maximum atomic E-state index is 12.0. The summed E-state index contributed by atoms with van der Waals surface area (Å²) >= 11 is 11.8. The van der Waals surface area contributed by atoms with E-state index in [1.54, 1.807) is 18.2 Å². The molecule has 1 aromatic carbocycles. The molecule has 2 nitrogen and oxygen atoms in total. The van der Waals surface area contributed by atoms with Crippen LogP contribution in [-0.4, -0.2) is 11.9 Å². The van der Waals surface area contributed by atoms with Crippen molar-refractivity contribution < 1.29 is 4.79 Å². The molecule has 1 N–H and O–H groups in total. The van der Waals surface area contributed by atoms with Crippen molar-refractivity contribution in [1.82, 2.24) is 5.32 Å². The standard InChI is InChI=1S/C14H19Cl2NO/c1-3-4-5-6-10(2)17-14(18)12-8-7-11(15)9-13(12)16/h7-10H,3-6H2,1-2H3,(H,17,18)/t10-/m1/s1. The normalized spacial score (nSPS) is 12.2. The number of rotatable bonds is 6. The first-order valence-corrected chi connectivity index (χ1v) is 7.06. The molecule has 0 heterocycles. The highest BCUT2D eigenvalue weighted by Gasteiger charge is 2.12. The minimum atomic E-state index is -0.138. The Kier molecular flexibility index (Phi) is 6.51. The fraction of sp³-hybridized carbons (Fsp3) is 0.500. The van der Waals surface area contributed by atoms with Crippen LogP contribution in [0.2, 0.25) is 10.0 Å². The zero-order chi connectivity index (χ0) is 13.5. The summed E-state index contributed by atoms with van der Waals surface area (Å²) in [7, 11) is 0. The van der Waals surface area contributed by atoms with Gasteiger partial charge in [-0.25, -0.2) is 0 Å². The third kappa shape index (κ3) is 4.87. The summed E-state index contributed by atoms with van der Waals surface area (Å²) < 4.78 is 0. The van der Waals surface area contributed by atoms with Crippen LogP contribution in [-0.2, 0) is 0 Å². The lowest BCUT2D eigenvalue weighted by atomic mass is 10.1. The average Bonchev–Trinajstić information content (AvgIpc) is 2.28. The summed E-state index contributed by atoms with van der Waals surface area (Å²) in [5, 5.41) is 3.87. The van der Waals surface area contributed by atoms with Crippen molar-refractivity contribution in [2.75, 3.05) is 0 Å². The fourth-order valence-corrected chi connectivity index (χ4v) is 2.24. The van der Waals surface area contributed by atoms with Gasteiger partial charge in [0, 0.05) is 11.1 Å².